The third-order valence-corrected chi connectivity index (χ3v) is 4.40. The molecule has 2 heterocycles. The van der Waals surface area contributed by atoms with Gasteiger partial charge in [-0.05, 0) is 30.3 Å². The third kappa shape index (κ3) is 3.75. The second-order valence-corrected chi connectivity index (χ2v) is 6.63. The van der Waals surface area contributed by atoms with Crippen LogP contribution in [0.25, 0.3) is 10.9 Å². The monoisotopic (exact) mass is 393 g/mol. The highest BCUT2D eigenvalue weighted by atomic mass is 16.6. The highest BCUT2D eigenvalue weighted by Crippen LogP contribution is 2.30. The molecule has 0 saturated carbocycles. The molecule has 0 aliphatic carbocycles. The standard InChI is InChI=1S/C20H19N5O4/c1-25(2)18-13-8-7-12(9-14(13)21-11-22-18)19(26)23-24-20(27)17-10-28-15-5-3-4-6-16(15)29-17/h3-9,11,17H,10H2,1-2H3,(H,23,26)(H,24,27)/t17-/m1/s1. The number of anilines is 1. The summed E-state index contributed by atoms with van der Waals surface area (Å²) in [4.78, 5) is 35.1. The lowest BCUT2D eigenvalue weighted by molar-refractivity contribution is -0.131. The molecule has 0 spiro atoms. The van der Waals surface area contributed by atoms with Gasteiger partial charge >= 0.3 is 0 Å². The molecule has 0 radical (unpaired) electrons. The summed E-state index contributed by atoms with van der Waals surface area (Å²) in [5.41, 5.74) is 5.75. The van der Waals surface area contributed by atoms with Gasteiger partial charge in [0.25, 0.3) is 11.8 Å². The van der Waals surface area contributed by atoms with E-state index in [4.69, 9.17) is 9.47 Å². The van der Waals surface area contributed by atoms with Gasteiger partial charge in [0.1, 0.15) is 18.8 Å². The Balaban J connectivity index is 1.41. The Morgan fingerprint density at radius 1 is 1.07 bits per heavy atom. The topological polar surface area (TPSA) is 106 Å². The first kappa shape index (κ1) is 18.5. The molecule has 4 rings (SSSR count). The summed E-state index contributed by atoms with van der Waals surface area (Å²) < 4.78 is 11.1. The first-order valence-corrected chi connectivity index (χ1v) is 8.93. The van der Waals surface area contributed by atoms with E-state index in [9.17, 15) is 9.59 Å². The molecule has 9 heteroatoms. The predicted octanol–water partition coefficient (Wildman–Crippen LogP) is 1.30. The largest absolute Gasteiger partial charge is 0.485 e. The van der Waals surface area contributed by atoms with Crippen LogP contribution >= 0.6 is 0 Å². The van der Waals surface area contributed by atoms with Crippen LogP contribution in [0.5, 0.6) is 11.5 Å². The van der Waals surface area contributed by atoms with Gasteiger partial charge in [-0.15, -0.1) is 0 Å². The average Bonchev–Trinajstić information content (AvgIpc) is 2.75. The second kappa shape index (κ2) is 7.63. The zero-order chi connectivity index (χ0) is 20.4. The van der Waals surface area contributed by atoms with Crippen molar-refractivity contribution in [2.75, 3.05) is 25.6 Å². The van der Waals surface area contributed by atoms with Crippen molar-refractivity contribution >= 4 is 28.5 Å². The molecule has 9 nitrogen and oxygen atoms in total. The number of rotatable bonds is 3. The van der Waals surface area contributed by atoms with Crippen LogP contribution in [0, 0.1) is 0 Å². The fourth-order valence-corrected chi connectivity index (χ4v) is 2.96. The van der Waals surface area contributed by atoms with Gasteiger partial charge in [0.05, 0.1) is 5.52 Å². The average molecular weight is 393 g/mol. The molecule has 0 unspecified atom stereocenters. The fraction of sp³-hybridized carbons (Fsp3) is 0.200. The summed E-state index contributed by atoms with van der Waals surface area (Å²) in [7, 11) is 3.76. The number of ether oxygens (including phenoxy) is 2. The van der Waals surface area contributed by atoms with Crippen LogP contribution in [0.2, 0.25) is 0 Å². The molecule has 1 atom stereocenters. The van der Waals surface area contributed by atoms with Crippen LogP contribution in [0.15, 0.2) is 48.8 Å². The Morgan fingerprint density at radius 2 is 1.86 bits per heavy atom. The smallest absolute Gasteiger partial charge is 0.283 e. The first-order valence-electron chi connectivity index (χ1n) is 8.93. The number of fused-ring (bicyclic) bond motifs is 2. The summed E-state index contributed by atoms with van der Waals surface area (Å²) in [6.45, 7) is 0.0545. The van der Waals surface area contributed by atoms with E-state index in [1.165, 1.54) is 6.33 Å². The lowest BCUT2D eigenvalue weighted by Crippen LogP contribution is -2.50. The Morgan fingerprint density at radius 3 is 2.66 bits per heavy atom. The van der Waals surface area contributed by atoms with Crippen molar-refractivity contribution < 1.29 is 19.1 Å². The van der Waals surface area contributed by atoms with Gasteiger partial charge in [-0.2, -0.15) is 0 Å². The number of carbonyl (C=O) groups excluding carboxylic acids is 2. The minimum atomic E-state index is -0.864. The van der Waals surface area contributed by atoms with E-state index in [1.807, 2.05) is 25.1 Å². The Bertz CT molecular complexity index is 1090. The summed E-state index contributed by atoms with van der Waals surface area (Å²) in [5.74, 6) is 0.838. The van der Waals surface area contributed by atoms with Crippen LogP contribution in [0.4, 0.5) is 5.82 Å². The first-order chi connectivity index (χ1) is 14.0. The van der Waals surface area contributed by atoms with Crippen LogP contribution in [0.3, 0.4) is 0 Å². The maximum atomic E-state index is 12.4. The molecule has 2 amide bonds. The van der Waals surface area contributed by atoms with Gasteiger partial charge < -0.3 is 14.4 Å². The number of hydrogen-bond acceptors (Lipinski definition) is 7. The van der Waals surface area contributed by atoms with Crippen molar-refractivity contribution in [3.63, 3.8) is 0 Å². The number of nitrogens with zero attached hydrogens (tertiary/aromatic N) is 3. The van der Waals surface area contributed by atoms with Crippen molar-refractivity contribution in [2.45, 2.75) is 6.10 Å². The molecular formula is C20H19N5O4. The number of amides is 2. The van der Waals surface area contributed by atoms with Gasteiger partial charge in [-0.1, -0.05) is 12.1 Å². The van der Waals surface area contributed by atoms with Crippen molar-refractivity contribution in [3.8, 4) is 11.5 Å². The van der Waals surface area contributed by atoms with E-state index < -0.39 is 17.9 Å². The number of nitrogens with one attached hydrogen (secondary N) is 2. The van der Waals surface area contributed by atoms with Crippen molar-refractivity contribution in [1.29, 1.82) is 0 Å². The zero-order valence-corrected chi connectivity index (χ0v) is 15.9. The molecule has 0 fully saturated rings. The number of hydrazine groups is 1. The summed E-state index contributed by atoms with van der Waals surface area (Å²) in [6, 6.07) is 12.1. The van der Waals surface area contributed by atoms with Gasteiger partial charge in [-0.3, -0.25) is 20.4 Å². The molecule has 148 valence electrons. The fourth-order valence-electron chi connectivity index (χ4n) is 2.96. The van der Waals surface area contributed by atoms with Crippen LogP contribution in [0.1, 0.15) is 10.4 Å². The lowest BCUT2D eigenvalue weighted by Gasteiger charge is -2.25. The molecule has 0 bridgehead atoms. The van der Waals surface area contributed by atoms with E-state index >= 15 is 0 Å². The van der Waals surface area contributed by atoms with Crippen molar-refractivity contribution in [2.24, 2.45) is 0 Å². The third-order valence-electron chi connectivity index (χ3n) is 4.40. The van der Waals surface area contributed by atoms with Gasteiger partial charge in [0.2, 0.25) is 6.10 Å². The molecule has 29 heavy (non-hydrogen) atoms. The van der Waals surface area contributed by atoms with Gasteiger partial charge in [-0.25, -0.2) is 9.97 Å². The Hall–Kier alpha value is -3.88. The number of carbonyl (C=O) groups is 2. The number of hydrogen-bond donors (Lipinski definition) is 2. The SMILES string of the molecule is CN(C)c1ncnc2cc(C(=O)NNC(=O)[C@H]3COc4ccccc4O3)ccc12. The van der Waals surface area contributed by atoms with E-state index in [-0.39, 0.29) is 6.61 Å². The second-order valence-electron chi connectivity index (χ2n) is 6.63. The molecule has 2 N–H and O–H groups in total. The summed E-state index contributed by atoms with van der Waals surface area (Å²) in [6.07, 6.45) is 0.580. The molecule has 1 aliphatic rings. The predicted molar refractivity (Wildman–Crippen MR) is 106 cm³/mol. The Kier molecular flexibility index (Phi) is 4.86. The Labute approximate surface area is 166 Å². The molecule has 0 saturated heterocycles. The normalized spacial score (nSPS) is 14.9. The van der Waals surface area contributed by atoms with Gasteiger partial charge in [0, 0.05) is 25.0 Å². The minimum absolute atomic E-state index is 0.0545. The van der Waals surface area contributed by atoms with Crippen molar-refractivity contribution in [1.82, 2.24) is 20.8 Å². The molecule has 2 aromatic carbocycles. The van der Waals surface area contributed by atoms with E-state index in [1.54, 1.807) is 36.4 Å². The number of aromatic nitrogens is 2. The van der Waals surface area contributed by atoms with Crippen molar-refractivity contribution in [3.05, 3.63) is 54.4 Å². The maximum absolute atomic E-state index is 12.4. The quantitative estimate of drug-likeness (QED) is 0.646. The number of benzene rings is 2. The zero-order valence-electron chi connectivity index (χ0n) is 15.9. The molecule has 1 aromatic heterocycles. The molecular weight excluding hydrogens is 374 g/mol. The van der Waals surface area contributed by atoms with Crippen LogP contribution < -0.4 is 25.2 Å². The highest BCUT2D eigenvalue weighted by molar-refractivity contribution is 6.00. The van der Waals surface area contributed by atoms with E-state index in [2.05, 4.69) is 20.8 Å². The summed E-state index contributed by atoms with van der Waals surface area (Å²) in [5, 5.41) is 0.824. The molecule has 1 aliphatic heterocycles. The lowest BCUT2D eigenvalue weighted by atomic mass is 10.1. The van der Waals surface area contributed by atoms with Gasteiger partial charge in [0.15, 0.2) is 11.5 Å². The summed E-state index contributed by atoms with van der Waals surface area (Å²) >= 11 is 0. The minimum Gasteiger partial charge on any atom is -0.485 e. The van der Waals surface area contributed by atoms with E-state index in [0.717, 1.165) is 11.2 Å². The van der Waals surface area contributed by atoms with Crippen LogP contribution in [-0.4, -0.2) is 48.6 Å². The van der Waals surface area contributed by atoms with E-state index in [0.29, 0.717) is 22.6 Å². The number of para-hydroxylation sites is 2. The highest BCUT2D eigenvalue weighted by Gasteiger charge is 2.27. The molecule has 3 aromatic rings. The maximum Gasteiger partial charge on any atom is 0.283 e. The van der Waals surface area contributed by atoms with Crippen LogP contribution in [-0.2, 0) is 4.79 Å².